The summed E-state index contributed by atoms with van der Waals surface area (Å²) in [6.45, 7) is 1.000. The topological polar surface area (TPSA) is 74.3 Å². The van der Waals surface area contributed by atoms with E-state index in [4.69, 9.17) is 9.47 Å². The van der Waals surface area contributed by atoms with Crippen LogP contribution in [0.2, 0.25) is 0 Å². The fraction of sp³-hybridized carbons (Fsp3) is 0.387. The number of benzene rings is 3. The molecule has 0 aromatic heterocycles. The third kappa shape index (κ3) is 5.22. The number of hydrogen-bond donors (Lipinski definition) is 2. The number of aliphatic hydroxyl groups is 1. The number of aliphatic hydroxyl groups excluding tert-OH is 1. The molecule has 1 amide bonds. The number of rotatable bonds is 8. The number of hydrogen-bond acceptors (Lipinski definition) is 6. The zero-order valence-electron chi connectivity index (χ0n) is 22.6. The number of fused-ring (bicyclic) bond motifs is 2. The number of methoxy groups -OCH3 is 2. The Morgan fingerprint density at radius 1 is 1.00 bits per heavy atom. The predicted molar refractivity (Wildman–Crippen MR) is 149 cm³/mol. The number of anilines is 1. The molecule has 5 rings (SSSR count). The fourth-order valence-electron chi connectivity index (χ4n) is 5.81. The summed E-state index contributed by atoms with van der Waals surface area (Å²) >= 11 is 0. The Labute approximate surface area is 225 Å². The van der Waals surface area contributed by atoms with Crippen molar-refractivity contribution >= 4 is 11.6 Å². The molecule has 7 heteroatoms. The highest BCUT2D eigenvalue weighted by Gasteiger charge is 2.34. The molecule has 0 saturated carbocycles. The Balaban J connectivity index is 1.41. The van der Waals surface area contributed by atoms with Gasteiger partial charge in [0.15, 0.2) is 11.5 Å². The van der Waals surface area contributed by atoms with Crippen LogP contribution < -0.4 is 19.7 Å². The van der Waals surface area contributed by atoms with Gasteiger partial charge in [-0.2, -0.15) is 0 Å². The van der Waals surface area contributed by atoms with Crippen LogP contribution in [-0.4, -0.2) is 63.4 Å². The molecular formula is C31H37N3O4. The molecule has 200 valence electrons. The van der Waals surface area contributed by atoms with Crippen molar-refractivity contribution in [2.45, 2.75) is 37.5 Å². The highest BCUT2D eigenvalue weighted by molar-refractivity contribution is 5.79. The van der Waals surface area contributed by atoms with Gasteiger partial charge in [0.25, 0.3) is 0 Å². The van der Waals surface area contributed by atoms with E-state index < -0.39 is 6.10 Å². The lowest BCUT2D eigenvalue weighted by Gasteiger charge is -2.38. The van der Waals surface area contributed by atoms with Gasteiger partial charge in [-0.3, -0.25) is 9.69 Å². The molecule has 7 nitrogen and oxygen atoms in total. The van der Waals surface area contributed by atoms with Crippen LogP contribution in [0.5, 0.6) is 11.5 Å². The maximum absolute atomic E-state index is 13.4. The SMILES string of the molecule is COc1cc2c(cc1OC)C(Cc1ccc(N(C)C)cc1)N(CC(=O)N[C@@H]1c3ccccc3C[C@@H]1O)CC2. The first kappa shape index (κ1) is 26.1. The molecule has 38 heavy (non-hydrogen) atoms. The van der Waals surface area contributed by atoms with Crippen LogP contribution in [0.4, 0.5) is 5.69 Å². The number of ether oxygens (including phenoxy) is 2. The maximum atomic E-state index is 13.4. The van der Waals surface area contributed by atoms with E-state index >= 15 is 0 Å². The van der Waals surface area contributed by atoms with Gasteiger partial charge in [0, 0.05) is 38.8 Å². The standard InChI is InChI=1S/C31H37N3O4/c1-33(2)23-11-9-20(10-12-23)15-26-25-18-29(38-4)28(37-3)17-22(25)13-14-34(26)19-30(36)32-31-24-8-6-5-7-21(24)16-27(31)35/h5-12,17-18,26-27,31,35H,13-16,19H2,1-4H3,(H,32,36)/t26?,27-,31+/m0/s1. The van der Waals surface area contributed by atoms with E-state index in [0.717, 1.165) is 47.5 Å². The Hall–Kier alpha value is -3.55. The van der Waals surface area contributed by atoms with Gasteiger partial charge in [-0.25, -0.2) is 0 Å². The van der Waals surface area contributed by atoms with Crippen LogP contribution in [0.15, 0.2) is 60.7 Å². The minimum Gasteiger partial charge on any atom is -0.493 e. The lowest BCUT2D eigenvalue weighted by molar-refractivity contribution is -0.124. The summed E-state index contributed by atoms with van der Waals surface area (Å²) in [5.74, 6) is 1.33. The smallest absolute Gasteiger partial charge is 0.234 e. The van der Waals surface area contributed by atoms with E-state index in [1.54, 1.807) is 14.2 Å². The first-order valence-corrected chi connectivity index (χ1v) is 13.2. The van der Waals surface area contributed by atoms with Gasteiger partial charge in [0.2, 0.25) is 5.91 Å². The van der Waals surface area contributed by atoms with Crippen molar-refractivity contribution in [3.8, 4) is 11.5 Å². The van der Waals surface area contributed by atoms with Crippen LogP contribution in [0.1, 0.15) is 39.9 Å². The van der Waals surface area contributed by atoms with Crippen molar-refractivity contribution in [2.75, 3.05) is 46.3 Å². The molecule has 0 bridgehead atoms. The second-order valence-corrected chi connectivity index (χ2v) is 10.4. The quantitative estimate of drug-likeness (QED) is 0.477. The average molecular weight is 516 g/mol. The molecule has 2 aliphatic rings. The predicted octanol–water partition coefficient (Wildman–Crippen LogP) is 3.69. The van der Waals surface area contributed by atoms with E-state index in [2.05, 4.69) is 51.5 Å². The maximum Gasteiger partial charge on any atom is 0.234 e. The van der Waals surface area contributed by atoms with E-state index in [9.17, 15) is 9.90 Å². The molecule has 0 spiro atoms. The lowest BCUT2D eigenvalue weighted by Crippen LogP contribution is -2.45. The molecular weight excluding hydrogens is 478 g/mol. The fourth-order valence-corrected chi connectivity index (χ4v) is 5.81. The Morgan fingerprint density at radius 2 is 1.71 bits per heavy atom. The molecule has 3 aromatic rings. The molecule has 1 unspecified atom stereocenters. The van der Waals surface area contributed by atoms with E-state index in [1.807, 2.05) is 38.4 Å². The summed E-state index contributed by atoms with van der Waals surface area (Å²) < 4.78 is 11.2. The zero-order valence-corrected chi connectivity index (χ0v) is 22.6. The molecule has 0 radical (unpaired) electrons. The number of nitrogens with one attached hydrogen (secondary N) is 1. The van der Waals surface area contributed by atoms with Crippen molar-refractivity contribution in [3.05, 3.63) is 88.5 Å². The van der Waals surface area contributed by atoms with Crippen molar-refractivity contribution in [2.24, 2.45) is 0 Å². The summed E-state index contributed by atoms with van der Waals surface area (Å²) in [4.78, 5) is 17.7. The molecule has 1 heterocycles. The van der Waals surface area contributed by atoms with Gasteiger partial charge in [0.1, 0.15) is 0 Å². The van der Waals surface area contributed by atoms with Crippen molar-refractivity contribution < 1.29 is 19.4 Å². The Kier molecular flexibility index (Phi) is 7.58. The number of carbonyl (C=O) groups is 1. The summed E-state index contributed by atoms with van der Waals surface area (Å²) in [6.07, 6.45) is 1.53. The summed E-state index contributed by atoms with van der Waals surface area (Å²) in [7, 11) is 7.37. The monoisotopic (exact) mass is 515 g/mol. The summed E-state index contributed by atoms with van der Waals surface area (Å²) in [6, 6.07) is 20.3. The van der Waals surface area contributed by atoms with E-state index in [-0.39, 0.29) is 24.5 Å². The van der Waals surface area contributed by atoms with Crippen LogP contribution in [-0.2, 0) is 24.1 Å². The van der Waals surface area contributed by atoms with Gasteiger partial charge < -0.3 is 24.8 Å². The van der Waals surface area contributed by atoms with Crippen LogP contribution in [0.25, 0.3) is 0 Å². The largest absolute Gasteiger partial charge is 0.493 e. The number of nitrogens with zero attached hydrogens (tertiary/aromatic N) is 2. The summed E-state index contributed by atoms with van der Waals surface area (Å²) in [5.41, 5.74) is 6.83. The van der Waals surface area contributed by atoms with E-state index in [1.165, 1.54) is 11.1 Å². The highest BCUT2D eigenvalue weighted by Crippen LogP contribution is 2.40. The average Bonchev–Trinajstić information content (AvgIpc) is 3.24. The van der Waals surface area contributed by atoms with Gasteiger partial charge in [0.05, 0.1) is 32.9 Å². The second kappa shape index (κ2) is 11.1. The highest BCUT2D eigenvalue weighted by atomic mass is 16.5. The lowest BCUT2D eigenvalue weighted by atomic mass is 9.88. The molecule has 1 aliphatic heterocycles. The summed E-state index contributed by atoms with van der Waals surface area (Å²) in [5, 5.41) is 13.8. The molecule has 0 saturated heterocycles. The Morgan fingerprint density at radius 3 is 2.42 bits per heavy atom. The van der Waals surface area contributed by atoms with Gasteiger partial charge in [-0.1, -0.05) is 36.4 Å². The normalized spacial score (nSPS) is 20.4. The van der Waals surface area contributed by atoms with Gasteiger partial charge in [-0.15, -0.1) is 0 Å². The molecule has 2 N–H and O–H groups in total. The van der Waals surface area contributed by atoms with Crippen molar-refractivity contribution in [3.63, 3.8) is 0 Å². The van der Waals surface area contributed by atoms with E-state index in [0.29, 0.717) is 12.2 Å². The molecule has 3 aromatic carbocycles. The molecule has 1 aliphatic carbocycles. The van der Waals surface area contributed by atoms with Crippen LogP contribution in [0, 0.1) is 0 Å². The Bertz CT molecular complexity index is 1290. The minimum atomic E-state index is -0.610. The van der Waals surface area contributed by atoms with Crippen LogP contribution >= 0.6 is 0 Å². The molecule has 3 atom stereocenters. The number of amides is 1. The molecule has 0 fully saturated rings. The van der Waals surface area contributed by atoms with Crippen molar-refractivity contribution in [1.29, 1.82) is 0 Å². The third-order valence-corrected chi connectivity index (χ3v) is 7.86. The van der Waals surface area contributed by atoms with Crippen molar-refractivity contribution in [1.82, 2.24) is 10.2 Å². The first-order valence-electron chi connectivity index (χ1n) is 13.2. The van der Waals surface area contributed by atoms with Gasteiger partial charge in [-0.05, 0) is 64.9 Å². The third-order valence-electron chi connectivity index (χ3n) is 7.86. The van der Waals surface area contributed by atoms with Crippen LogP contribution in [0.3, 0.4) is 0 Å². The minimum absolute atomic E-state index is 0.00435. The number of carbonyl (C=O) groups excluding carboxylic acids is 1. The first-order chi connectivity index (χ1) is 18.4. The zero-order chi connectivity index (χ0) is 26.8. The second-order valence-electron chi connectivity index (χ2n) is 10.4. The van der Waals surface area contributed by atoms with Gasteiger partial charge >= 0.3 is 0 Å².